The number of nitrogens with zero attached hydrogens (tertiary/aromatic N) is 2. The summed E-state index contributed by atoms with van der Waals surface area (Å²) in [5.41, 5.74) is 0. The second-order valence-electron chi connectivity index (χ2n) is 7.02. The number of hydroxylamine groups is 2. The highest BCUT2D eigenvalue weighted by atomic mass is 16.7. The van der Waals surface area contributed by atoms with Gasteiger partial charge >= 0.3 is 0 Å². The second-order valence-corrected chi connectivity index (χ2v) is 7.02. The lowest BCUT2D eigenvalue weighted by Gasteiger charge is -2.37. The molecular weight excluding hydrogens is 280 g/mol. The maximum absolute atomic E-state index is 12.6. The normalized spacial score (nSPS) is 28.0. The smallest absolute Gasteiger partial charge is 0.251 e. The van der Waals surface area contributed by atoms with Crippen LogP contribution in [0.15, 0.2) is 0 Å². The van der Waals surface area contributed by atoms with Gasteiger partial charge < -0.3 is 4.90 Å². The second kappa shape index (κ2) is 7.44. The van der Waals surface area contributed by atoms with Gasteiger partial charge in [-0.2, -0.15) is 0 Å². The first-order valence-electron chi connectivity index (χ1n) is 8.96. The molecule has 1 saturated carbocycles. The number of carbonyl (C=O) groups excluding carboxylic acids is 2. The van der Waals surface area contributed by atoms with Gasteiger partial charge in [-0.15, -0.1) is 0 Å². The summed E-state index contributed by atoms with van der Waals surface area (Å²) < 4.78 is 0. The first kappa shape index (κ1) is 15.8. The molecule has 0 aromatic heterocycles. The number of piperidine rings is 1. The third-order valence-corrected chi connectivity index (χ3v) is 5.30. The van der Waals surface area contributed by atoms with Crippen molar-refractivity contribution in [2.45, 2.75) is 57.8 Å². The van der Waals surface area contributed by atoms with Gasteiger partial charge in [-0.05, 0) is 38.0 Å². The predicted molar refractivity (Wildman–Crippen MR) is 82.8 cm³/mol. The average molecular weight is 308 g/mol. The molecule has 2 amide bonds. The molecule has 3 fully saturated rings. The Labute approximate surface area is 132 Å². The number of rotatable bonds is 3. The van der Waals surface area contributed by atoms with E-state index in [-0.39, 0.29) is 17.7 Å². The number of amides is 2. The molecule has 2 aliphatic heterocycles. The Morgan fingerprint density at radius 3 is 2.64 bits per heavy atom. The minimum atomic E-state index is -0.0700. The first-order valence-corrected chi connectivity index (χ1v) is 8.96. The fraction of sp³-hybridized carbons (Fsp3) is 0.882. The van der Waals surface area contributed by atoms with Crippen molar-refractivity contribution >= 4 is 11.8 Å². The zero-order valence-electron chi connectivity index (χ0n) is 13.5. The van der Waals surface area contributed by atoms with Crippen molar-refractivity contribution < 1.29 is 14.4 Å². The Bertz CT molecular complexity index is 401. The minimum Gasteiger partial charge on any atom is -0.342 e. The van der Waals surface area contributed by atoms with Crippen LogP contribution in [-0.4, -0.2) is 48.0 Å². The molecule has 5 heteroatoms. The van der Waals surface area contributed by atoms with Gasteiger partial charge in [0.2, 0.25) is 5.91 Å². The van der Waals surface area contributed by atoms with Gasteiger partial charge in [-0.25, -0.2) is 5.06 Å². The molecule has 2 saturated heterocycles. The summed E-state index contributed by atoms with van der Waals surface area (Å²) in [6, 6.07) is 0. The zero-order chi connectivity index (χ0) is 15.4. The molecule has 1 atom stereocenters. The predicted octanol–water partition coefficient (Wildman–Crippen LogP) is 2.36. The topological polar surface area (TPSA) is 49.9 Å². The van der Waals surface area contributed by atoms with Crippen LogP contribution in [-0.2, 0) is 14.4 Å². The maximum atomic E-state index is 12.6. The SMILES string of the molecule is O=C1CC[C@H](C(=O)N2CCCCO2)CN1CC1CCCCC1. The van der Waals surface area contributed by atoms with Crippen LogP contribution in [0.5, 0.6) is 0 Å². The van der Waals surface area contributed by atoms with Crippen LogP contribution in [0.25, 0.3) is 0 Å². The molecule has 0 radical (unpaired) electrons. The summed E-state index contributed by atoms with van der Waals surface area (Å²) in [6.07, 6.45) is 9.61. The molecule has 1 aliphatic carbocycles. The van der Waals surface area contributed by atoms with Crippen LogP contribution < -0.4 is 0 Å². The van der Waals surface area contributed by atoms with E-state index in [2.05, 4.69) is 0 Å². The molecule has 0 spiro atoms. The molecule has 3 aliphatic rings. The van der Waals surface area contributed by atoms with Crippen molar-refractivity contribution in [3.8, 4) is 0 Å². The van der Waals surface area contributed by atoms with Crippen LogP contribution >= 0.6 is 0 Å². The largest absolute Gasteiger partial charge is 0.342 e. The number of hydrogen-bond acceptors (Lipinski definition) is 3. The summed E-state index contributed by atoms with van der Waals surface area (Å²) in [7, 11) is 0. The van der Waals surface area contributed by atoms with Crippen molar-refractivity contribution in [2.24, 2.45) is 11.8 Å². The van der Waals surface area contributed by atoms with Gasteiger partial charge in [-0.3, -0.25) is 14.4 Å². The molecule has 22 heavy (non-hydrogen) atoms. The molecule has 0 aromatic carbocycles. The van der Waals surface area contributed by atoms with E-state index >= 15 is 0 Å². The Balaban J connectivity index is 1.55. The highest BCUT2D eigenvalue weighted by Gasteiger charge is 2.34. The third-order valence-electron chi connectivity index (χ3n) is 5.30. The summed E-state index contributed by atoms with van der Waals surface area (Å²) in [6.45, 7) is 2.78. The molecule has 0 bridgehead atoms. The van der Waals surface area contributed by atoms with Crippen LogP contribution in [0.1, 0.15) is 57.8 Å². The highest BCUT2D eigenvalue weighted by Crippen LogP contribution is 2.27. The van der Waals surface area contributed by atoms with Gasteiger partial charge in [0.15, 0.2) is 0 Å². The fourth-order valence-electron chi connectivity index (χ4n) is 3.95. The summed E-state index contributed by atoms with van der Waals surface area (Å²) >= 11 is 0. The first-order chi connectivity index (χ1) is 10.7. The third kappa shape index (κ3) is 3.80. The average Bonchev–Trinajstić information content (AvgIpc) is 2.58. The standard InChI is InChI=1S/C17H28N2O3/c20-16-9-8-15(17(21)19-10-4-5-11-22-19)13-18(16)12-14-6-2-1-3-7-14/h14-15H,1-13H2/t15-/m0/s1. The van der Waals surface area contributed by atoms with Crippen LogP contribution in [0.3, 0.4) is 0 Å². The van der Waals surface area contributed by atoms with Gasteiger partial charge in [0.1, 0.15) is 0 Å². The molecule has 0 unspecified atom stereocenters. The van der Waals surface area contributed by atoms with E-state index in [1.807, 2.05) is 4.90 Å². The van der Waals surface area contributed by atoms with Crippen molar-refractivity contribution in [1.82, 2.24) is 9.96 Å². The van der Waals surface area contributed by atoms with Gasteiger partial charge in [-0.1, -0.05) is 19.3 Å². The Morgan fingerprint density at radius 1 is 1.09 bits per heavy atom. The lowest BCUT2D eigenvalue weighted by Crippen LogP contribution is -2.49. The minimum absolute atomic E-state index is 0.0700. The van der Waals surface area contributed by atoms with Crippen molar-refractivity contribution in [3.63, 3.8) is 0 Å². The van der Waals surface area contributed by atoms with E-state index in [0.717, 1.165) is 19.4 Å². The van der Waals surface area contributed by atoms with E-state index in [1.165, 1.54) is 32.1 Å². The molecule has 124 valence electrons. The van der Waals surface area contributed by atoms with E-state index in [4.69, 9.17) is 4.84 Å². The van der Waals surface area contributed by atoms with Crippen LogP contribution in [0, 0.1) is 11.8 Å². The maximum Gasteiger partial charge on any atom is 0.251 e. The fourth-order valence-corrected chi connectivity index (χ4v) is 3.95. The number of hydrogen-bond donors (Lipinski definition) is 0. The van der Waals surface area contributed by atoms with Crippen molar-refractivity contribution in [2.75, 3.05) is 26.2 Å². The van der Waals surface area contributed by atoms with Crippen molar-refractivity contribution in [3.05, 3.63) is 0 Å². The van der Waals surface area contributed by atoms with Gasteiger partial charge in [0, 0.05) is 26.1 Å². The quantitative estimate of drug-likeness (QED) is 0.804. The van der Waals surface area contributed by atoms with Gasteiger partial charge in [0.25, 0.3) is 5.91 Å². The Morgan fingerprint density at radius 2 is 1.91 bits per heavy atom. The lowest BCUT2D eigenvalue weighted by molar-refractivity contribution is -0.202. The molecule has 0 N–H and O–H groups in total. The lowest BCUT2D eigenvalue weighted by atomic mass is 9.87. The summed E-state index contributed by atoms with van der Waals surface area (Å²) in [5, 5.41) is 1.54. The van der Waals surface area contributed by atoms with Crippen molar-refractivity contribution in [1.29, 1.82) is 0 Å². The summed E-state index contributed by atoms with van der Waals surface area (Å²) in [4.78, 5) is 32.2. The van der Waals surface area contributed by atoms with E-state index in [9.17, 15) is 9.59 Å². The number of likely N-dealkylation sites (tertiary alicyclic amines) is 1. The zero-order valence-corrected chi connectivity index (χ0v) is 13.5. The highest BCUT2D eigenvalue weighted by molar-refractivity contribution is 5.83. The molecule has 3 rings (SSSR count). The van der Waals surface area contributed by atoms with E-state index in [1.54, 1.807) is 5.06 Å². The summed E-state index contributed by atoms with van der Waals surface area (Å²) in [5.74, 6) is 0.882. The van der Waals surface area contributed by atoms with Crippen LogP contribution in [0.4, 0.5) is 0 Å². The van der Waals surface area contributed by atoms with Crippen LogP contribution in [0.2, 0.25) is 0 Å². The van der Waals surface area contributed by atoms with Gasteiger partial charge in [0.05, 0.1) is 12.5 Å². The Kier molecular flexibility index (Phi) is 5.34. The van der Waals surface area contributed by atoms with E-state index in [0.29, 0.717) is 38.5 Å². The molecular formula is C17H28N2O3. The molecule has 2 heterocycles. The monoisotopic (exact) mass is 308 g/mol. The Hall–Kier alpha value is -1.10. The van der Waals surface area contributed by atoms with E-state index < -0.39 is 0 Å². The molecule has 0 aromatic rings. The number of carbonyl (C=O) groups is 2. The molecule has 5 nitrogen and oxygen atoms in total.